The Morgan fingerprint density at radius 3 is 3.00 bits per heavy atom. The summed E-state index contributed by atoms with van der Waals surface area (Å²) in [6, 6.07) is 6.10. The molecule has 1 unspecified atom stereocenters. The van der Waals surface area contributed by atoms with Crippen LogP contribution in [-0.4, -0.2) is 23.8 Å². The molecule has 1 aliphatic heterocycles. The van der Waals surface area contributed by atoms with Gasteiger partial charge < -0.3 is 19.3 Å². The van der Waals surface area contributed by atoms with Crippen LogP contribution in [0.2, 0.25) is 0 Å². The molecule has 0 bridgehead atoms. The maximum Gasteiger partial charge on any atom is 0.229 e. The third-order valence-electron chi connectivity index (χ3n) is 3.46. The van der Waals surface area contributed by atoms with E-state index in [4.69, 9.17) is 14.0 Å². The van der Waals surface area contributed by atoms with Gasteiger partial charge in [0.25, 0.3) is 0 Å². The van der Waals surface area contributed by atoms with Crippen LogP contribution in [0, 0.1) is 0 Å². The van der Waals surface area contributed by atoms with E-state index in [0.717, 1.165) is 17.1 Å². The second-order valence-corrected chi connectivity index (χ2v) is 5.34. The predicted octanol–water partition coefficient (Wildman–Crippen LogP) is 2.42. The number of fused-ring (bicyclic) bond motifs is 1. The van der Waals surface area contributed by atoms with Gasteiger partial charge in [0.15, 0.2) is 6.61 Å². The van der Waals surface area contributed by atoms with E-state index in [1.54, 1.807) is 0 Å². The van der Waals surface area contributed by atoms with Gasteiger partial charge in [-0.3, -0.25) is 0 Å². The second-order valence-electron chi connectivity index (χ2n) is 5.34. The Morgan fingerprint density at radius 1 is 1.43 bits per heavy atom. The Bertz CT molecular complexity index is 624. The number of benzene rings is 1. The van der Waals surface area contributed by atoms with Crippen LogP contribution in [0.3, 0.4) is 0 Å². The lowest BCUT2D eigenvalue weighted by Crippen LogP contribution is -2.17. The van der Waals surface area contributed by atoms with Gasteiger partial charge in [-0.25, -0.2) is 0 Å². The van der Waals surface area contributed by atoms with Crippen molar-refractivity contribution in [1.82, 2.24) is 15.5 Å². The molecule has 0 saturated carbocycles. The van der Waals surface area contributed by atoms with Crippen molar-refractivity contribution >= 4 is 0 Å². The molecule has 2 aromatic rings. The van der Waals surface area contributed by atoms with Gasteiger partial charge in [0.2, 0.25) is 11.7 Å². The van der Waals surface area contributed by atoms with Crippen LogP contribution in [0.15, 0.2) is 22.7 Å². The number of hydrogen-bond donors (Lipinski definition) is 1. The van der Waals surface area contributed by atoms with Gasteiger partial charge in [-0.1, -0.05) is 19.0 Å². The lowest BCUT2D eigenvalue weighted by molar-refractivity contribution is 0.281. The van der Waals surface area contributed by atoms with E-state index in [1.807, 2.05) is 39.1 Å². The van der Waals surface area contributed by atoms with E-state index in [-0.39, 0.29) is 18.6 Å². The van der Waals surface area contributed by atoms with Crippen LogP contribution in [0.25, 0.3) is 0 Å². The highest BCUT2D eigenvalue weighted by Crippen LogP contribution is 2.35. The summed E-state index contributed by atoms with van der Waals surface area (Å²) in [6.45, 7) is 4.95. The zero-order valence-corrected chi connectivity index (χ0v) is 12.4. The molecule has 3 rings (SSSR count). The van der Waals surface area contributed by atoms with E-state index in [2.05, 4.69) is 15.5 Å². The minimum Gasteiger partial charge on any atom is -0.491 e. The van der Waals surface area contributed by atoms with Gasteiger partial charge in [-0.2, -0.15) is 4.98 Å². The van der Waals surface area contributed by atoms with Crippen LogP contribution in [0.4, 0.5) is 0 Å². The summed E-state index contributed by atoms with van der Waals surface area (Å²) in [6.07, 6.45) is 0. The number of rotatable bonds is 5. The highest BCUT2D eigenvalue weighted by Gasteiger charge is 2.23. The van der Waals surface area contributed by atoms with Crippen molar-refractivity contribution < 1.29 is 14.0 Å². The molecule has 0 radical (unpaired) electrons. The molecule has 112 valence electrons. The van der Waals surface area contributed by atoms with Gasteiger partial charge in [0.05, 0.1) is 6.04 Å². The number of aromatic nitrogens is 2. The summed E-state index contributed by atoms with van der Waals surface area (Å²) in [5, 5.41) is 7.11. The fourth-order valence-corrected chi connectivity index (χ4v) is 2.23. The number of hydrogen-bond acceptors (Lipinski definition) is 6. The van der Waals surface area contributed by atoms with Crippen LogP contribution in [0.1, 0.15) is 43.1 Å². The average molecular weight is 289 g/mol. The molecule has 0 fully saturated rings. The number of nitrogens with zero attached hydrogens (tertiary/aromatic N) is 2. The van der Waals surface area contributed by atoms with E-state index in [1.165, 1.54) is 0 Å². The van der Waals surface area contributed by atoms with Crippen molar-refractivity contribution in [1.29, 1.82) is 0 Å². The minimum atomic E-state index is 0.220. The Kier molecular flexibility index (Phi) is 3.79. The number of likely N-dealkylation sites (N-methyl/N-ethyl adjacent to an activating group) is 1. The third-order valence-corrected chi connectivity index (χ3v) is 3.46. The molecule has 1 aromatic carbocycles. The number of nitrogens with one attached hydrogen (secondary N) is 1. The van der Waals surface area contributed by atoms with E-state index in [0.29, 0.717) is 18.3 Å². The maximum atomic E-state index is 5.69. The molecule has 21 heavy (non-hydrogen) atoms. The quantitative estimate of drug-likeness (QED) is 0.911. The second kappa shape index (κ2) is 5.73. The van der Waals surface area contributed by atoms with Crippen molar-refractivity contribution in [3.63, 3.8) is 0 Å². The molecule has 1 aromatic heterocycles. The van der Waals surface area contributed by atoms with Crippen molar-refractivity contribution in [2.24, 2.45) is 0 Å². The van der Waals surface area contributed by atoms with Crippen LogP contribution >= 0.6 is 0 Å². The third kappa shape index (κ3) is 2.85. The molecule has 1 atom stereocenters. The molecule has 0 spiro atoms. The molecular formula is C15H19N3O3. The van der Waals surface area contributed by atoms with Crippen molar-refractivity contribution in [2.75, 3.05) is 13.7 Å². The first-order chi connectivity index (χ1) is 10.2. The Balaban J connectivity index is 1.66. The fraction of sp³-hybridized carbons (Fsp3) is 0.467. The van der Waals surface area contributed by atoms with Crippen molar-refractivity contribution in [3.05, 3.63) is 35.5 Å². The van der Waals surface area contributed by atoms with Crippen LogP contribution < -0.4 is 14.8 Å². The molecule has 1 N–H and O–H groups in total. The van der Waals surface area contributed by atoms with Gasteiger partial charge in [0, 0.05) is 17.5 Å². The van der Waals surface area contributed by atoms with E-state index >= 15 is 0 Å². The summed E-state index contributed by atoms with van der Waals surface area (Å²) in [4.78, 5) is 4.28. The van der Waals surface area contributed by atoms with Crippen molar-refractivity contribution in [2.45, 2.75) is 32.4 Å². The standard InChI is InChI=1S/C15H19N3O3/c1-9(2)15-17-14(18-21-15)8-19-10-4-5-11-12(16-3)7-20-13(11)6-10/h4-6,9,12,16H,7-8H2,1-3H3. The first-order valence-electron chi connectivity index (χ1n) is 7.06. The molecule has 1 aliphatic rings. The molecule has 0 aliphatic carbocycles. The summed E-state index contributed by atoms with van der Waals surface area (Å²) < 4.78 is 16.5. The fourth-order valence-electron chi connectivity index (χ4n) is 2.23. The first kappa shape index (κ1) is 13.9. The summed E-state index contributed by atoms with van der Waals surface area (Å²) in [7, 11) is 1.93. The Labute approximate surface area is 123 Å². The van der Waals surface area contributed by atoms with E-state index in [9.17, 15) is 0 Å². The first-order valence-corrected chi connectivity index (χ1v) is 7.06. The SMILES string of the molecule is CNC1COc2cc(OCc3noc(C(C)C)n3)ccc21. The minimum absolute atomic E-state index is 0.220. The molecule has 0 amide bonds. The smallest absolute Gasteiger partial charge is 0.229 e. The van der Waals surface area contributed by atoms with Gasteiger partial charge >= 0.3 is 0 Å². The predicted molar refractivity (Wildman–Crippen MR) is 76.5 cm³/mol. The van der Waals surface area contributed by atoms with E-state index < -0.39 is 0 Å². The normalized spacial score (nSPS) is 16.9. The molecular weight excluding hydrogens is 270 g/mol. The summed E-state index contributed by atoms with van der Waals surface area (Å²) in [5.41, 5.74) is 1.16. The highest BCUT2D eigenvalue weighted by atomic mass is 16.5. The zero-order chi connectivity index (χ0) is 14.8. The molecule has 2 heterocycles. The lowest BCUT2D eigenvalue weighted by Gasteiger charge is -2.07. The van der Waals surface area contributed by atoms with Crippen LogP contribution in [-0.2, 0) is 6.61 Å². The average Bonchev–Trinajstić information content (AvgIpc) is 3.11. The maximum absolute atomic E-state index is 5.69. The monoisotopic (exact) mass is 289 g/mol. The molecule has 6 nitrogen and oxygen atoms in total. The number of ether oxygens (including phenoxy) is 2. The lowest BCUT2D eigenvalue weighted by atomic mass is 10.1. The van der Waals surface area contributed by atoms with Gasteiger partial charge in [0.1, 0.15) is 18.1 Å². The Morgan fingerprint density at radius 2 is 2.29 bits per heavy atom. The largest absolute Gasteiger partial charge is 0.491 e. The summed E-state index contributed by atoms with van der Waals surface area (Å²) >= 11 is 0. The van der Waals surface area contributed by atoms with Gasteiger partial charge in [-0.15, -0.1) is 0 Å². The van der Waals surface area contributed by atoms with Gasteiger partial charge in [-0.05, 0) is 19.2 Å². The Hall–Kier alpha value is -2.08. The molecule has 0 saturated heterocycles. The topological polar surface area (TPSA) is 69.4 Å². The highest BCUT2D eigenvalue weighted by molar-refractivity contribution is 5.44. The molecule has 6 heteroatoms. The van der Waals surface area contributed by atoms with Crippen molar-refractivity contribution in [3.8, 4) is 11.5 Å². The zero-order valence-electron chi connectivity index (χ0n) is 12.4. The van der Waals surface area contributed by atoms with Crippen LogP contribution in [0.5, 0.6) is 11.5 Å². The summed E-state index contributed by atoms with van der Waals surface area (Å²) in [5.74, 6) is 3.00.